The molecule has 0 radical (unpaired) electrons. The lowest BCUT2D eigenvalue weighted by Crippen LogP contribution is -1.95. The molecule has 3 rings (SSSR count). The number of methoxy groups -OCH3 is 1. The number of terminal acetylenes is 1. The maximum Gasteiger partial charge on any atom is 0.144 e. The SMILES string of the molecule is C#CC(O)c1c(-c2ccc(OC)cc2)nn2ccc(Cl)cc12. The first-order valence-corrected chi connectivity index (χ1v) is 6.98. The van der Waals surface area contributed by atoms with Crippen molar-refractivity contribution in [2.75, 3.05) is 7.11 Å². The van der Waals surface area contributed by atoms with Gasteiger partial charge >= 0.3 is 0 Å². The fourth-order valence-corrected chi connectivity index (χ4v) is 2.51. The molecule has 1 aromatic carbocycles. The lowest BCUT2D eigenvalue weighted by molar-refractivity contribution is 0.240. The van der Waals surface area contributed by atoms with Crippen LogP contribution in [0, 0.1) is 12.3 Å². The van der Waals surface area contributed by atoms with Gasteiger partial charge in [-0.25, -0.2) is 4.52 Å². The summed E-state index contributed by atoms with van der Waals surface area (Å²) < 4.78 is 6.81. The first kappa shape index (κ1) is 14.5. The van der Waals surface area contributed by atoms with Gasteiger partial charge in [-0.15, -0.1) is 6.42 Å². The van der Waals surface area contributed by atoms with Gasteiger partial charge in [-0.05, 0) is 36.4 Å². The lowest BCUT2D eigenvalue weighted by atomic mass is 10.0. The molecule has 2 heterocycles. The molecule has 0 aliphatic heterocycles. The van der Waals surface area contributed by atoms with E-state index in [1.165, 1.54) is 0 Å². The van der Waals surface area contributed by atoms with E-state index < -0.39 is 6.10 Å². The molecule has 1 unspecified atom stereocenters. The fraction of sp³-hybridized carbons (Fsp3) is 0.118. The average Bonchev–Trinajstić information content (AvgIpc) is 2.92. The number of pyridine rings is 1. The third kappa shape index (κ3) is 2.41. The molecule has 0 aliphatic carbocycles. The smallest absolute Gasteiger partial charge is 0.144 e. The minimum atomic E-state index is -1.06. The Morgan fingerprint density at radius 3 is 2.68 bits per heavy atom. The van der Waals surface area contributed by atoms with Gasteiger partial charge in [0.2, 0.25) is 0 Å². The van der Waals surface area contributed by atoms with Crippen LogP contribution >= 0.6 is 11.6 Å². The monoisotopic (exact) mass is 312 g/mol. The Labute approximate surface area is 132 Å². The Morgan fingerprint density at radius 2 is 2.05 bits per heavy atom. The molecule has 0 saturated carbocycles. The van der Waals surface area contributed by atoms with E-state index in [0.717, 1.165) is 11.3 Å². The van der Waals surface area contributed by atoms with Crippen LogP contribution in [-0.2, 0) is 0 Å². The summed E-state index contributed by atoms with van der Waals surface area (Å²) in [4.78, 5) is 0. The Morgan fingerprint density at radius 1 is 1.32 bits per heavy atom. The van der Waals surface area contributed by atoms with Crippen LogP contribution < -0.4 is 4.74 Å². The zero-order chi connectivity index (χ0) is 15.7. The predicted molar refractivity (Wildman–Crippen MR) is 86.0 cm³/mol. The summed E-state index contributed by atoms with van der Waals surface area (Å²) in [5, 5.41) is 15.3. The standard InChI is InChI=1S/C17H13ClN2O2/c1-3-15(21)16-14-10-12(18)8-9-20(14)19-17(16)11-4-6-13(22-2)7-5-11/h1,4-10,15,21H,2H3. The van der Waals surface area contributed by atoms with Crippen molar-refractivity contribution in [2.24, 2.45) is 0 Å². The zero-order valence-electron chi connectivity index (χ0n) is 11.8. The molecule has 110 valence electrons. The van der Waals surface area contributed by atoms with Gasteiger partial charge in [-0.1, -0.05) is 17.5 Å². The number of benzene rings is 1. The highest BCUT2D eigenvalue weighted by Crippen LogP contribution is 2.32. The molecule has 3 aromatic rings. The minimum absolute atomic E-state index is 0.555. The maximum absolute atomic E-state index is 10.2. The largest absolute Gasteiger partial charge is 0.497 e. The molecule has 0 spiro atoms. The topological polar surface area (TPSA) is 46.8 Å². The number of aliphatic hydroxyl groups excluding tert-OH is 1. The van der Waals surface area contributed by atoms with E-state index in [0.29, 0.717) is 21.8 Å². The van der Waals surface area contributed by atoms with E-state index in [4.69, 9.17) is 22.8 Å². The number of rotatable bonds is 3. The van der Waals surface area contributed by atoms with Crippen molar-refractivity contribution in [3.63, 3.8) is 0 Å². The van der Waals surface area contributed by atoms with Crippen molar-refractivity contribution in [2.45, 2.75) is 6.10 Å². The van der Waals surface area contributed by atoms with Gasteiger partial charge in [-0.3, -0.25) is 0 Å². The number of hydrogen-bond acceptors (Lipinski definition) is 3. The second-order valence-electron chi connectivity index (χ2n) is 4.73. The Kier molecular flexibility index (Phi) is 3.76. The summed E-state index contributed by atoms with van der Waals surface area (Å²) >= 11 is 6.04. The summed E-state index contributed by atoms with van der Waals surface area (Å²) in [6.45, 7) is 0. The maximum atomic E-state index is 10.2. The minimum Gasteiger partial charge on any atom is -0.497 e. The van der Waals surface area contributed by atoms with Gasteiger partial charge in [0.15, 0.2) is 0 Å². The highest BCUT2D eigenvalue weighted by atomic mass is 35.5. The number of fused-ring (bicyclic) bond motifs is 1. The zero-order valence-corrected chi connectivity index (χ0v) is 12.6. The van der Waals surface area contributed by atoms with Gasteiger partial charge in [0.25, 0.3) is 0 Å². The van der Waals surface area contributed by atoms with Crippen LogP contribution in [0.5, 0.6) is 5.75 Å². The van der Waals surface area contributed by atoms with E-state index in [9.17, 15) is 5.11 Å². The fourth-order valence-electron chi connectivity index (χ4n) is 2.35. The quantitative estimate of drug-likeness (QED) is 0.755. The number of aliphatic hydroxyl groups is 1. The molecule has 1 N–H and O–H groups in total. The van der Waals surface area contributed by atoms with Gasteiger partial charge in [0.1, 0.15) is 17.5 Å². The van der Waals surface area contributed by atoms with Crippen LogP contribution in [0.25, 0.3) is 16.8 Å². The molecule has 5 heteroatoms. The molecule has 4 nitrogen and oxygen atoms in total. The molecule has 1 atom stereocenters. The summed E-state index contributed by atoms with van der Waals surface area (Å²) in [6.07, 6.45) is 6.07. The van der Waals surface area contributed by atoms with Crippen LogP contribution in [0.1, 0.15) is 11.7 Å². The van der Waals surface area contributed by atoms with Crippen LogP contribution in [0.4, 0.5) is 0 Å². The van der Waals surface area contributed by atoms with Gasteiger partial charge in [-0.2, -0.15) is 5.10 Å². The van der Waals surface area contributed by atoms with Gasteiger partial charge < -0.3 is 9.84 Å². The van der Waals surface area contributed by atoms with Gasteiger partial charge in [0, 0.05) is 22.3 Å². The molecular formula is C17H13ClN2O2. The number of halogens is 1. The number of hydrogen-bond donors (Lipinski definition) is 1. The Balaban J connectivity index is 2.25. The second kappa shape index (κ2) is 5.72. The van der Waals surface area contributed by atoms with Crippen molar-refractivity contribution in [1.82, 2.24) is 9.61 Å². The highest BCUT2D eigenvalue weighted by Gasteiger charge is 2.20. The molecule has 22 heavy (non-hydrogen) atoms. The van der Waals surface area contributed by atoms with E-state index in [-0.39, 0.29) is 0 Å². The second-order valence-corrected chi connectivity index (χ2v) is 5.17. The Bertz CT molecular complexity index is 863. The summed E-state index contributed by atoms with van der Waals surface area (Å²) in [6, 6.07) is 10.9. The first-order chi connectivity index (χ1) is 10.6. The van der Waals surface area contributed by atoms with Crippen LogP contribution in [-0.4, -0.2) is 21.8 Å². The average molecular weight is 313 g/mol. The molecule has 0 bridgehead atoms. The van der Waals surface area contributed by atoms with E-state index in [2.05, 4.69) is 11.0 Å². The predicted octanol–water partition coefficient (Wildman–Crippen LogP) is 3.33. The van der Waals surface area contributed by atoms with E-state index in [1.807, 2.05) is 24.3 Å². The normalized spacial score (nSPS) is 12.1. The van der Waals surface area contributed by atoms with E-state index >= 15 is 0 Å². The van der Waals surface area contributed by atoms with Crippen molar-refractivity contribution < 1.29 is 9.84 Å². The molecule has 0 amide bonds. The number of nitrogens with zero attached hydrogens (tertiary/aromatic N) is 2. The molecular weight excluding hydrogens is 300 g/mol. The van der Waals surface area contributed by atoms with Crippen LogP contribution in [0.3, 0.4) is 0 Å². The summed E-state index contributed by atoms with van der Waals surface area (Å²) in [7, 11) is 1.61. The van der Waals surface area contributed by atoms with Crippen molar-refractivity contribution in [3.05, 3.63) is 53.2 Å². The summed E-state index contributed by atoms with van der Waals surface area (Å²) in [5.74, 6) is 3.09. The third-order valence-corrected chi connectivity index (χ3v) is 3.67. The van der Waals surface area contributed by atoms with E-state index in [1.54, 1.807) is 30.0 Å². The molecule has 0 saturated heterocycles. The number of aromatic nitrogens is 2. The lowest BCUT2D eigenvalue weighted by Gasteiger charge is -2.06. The van der Waals surface area contributed by atoms with Gasteiger partial charge in [0.05, 0.1) is 12.6 Å². The number of ether oxygens (including phenoxy) is 1. The molecule has 0 fully saturated rings. The summed E-state index contributed by atoms with van der Waals surface area (Å²) in [5.41, 5.74) is 2.71. The third-order valence-electron chi connectivity index (χ3n) is 3.43. The van der Waals surface area contributed by atoms with Crippen LogP contribution in [0.15, 0.2) is 42.6 Å². The first-order valence-electron chi connectivity index (χ1n) is 6.60. The highest BCUT2D eigenvalue weighted by molar-refractivity contribution is 6.30. The Hall–Kier alpha value is -2.48. The molecule has 0 aliphatic rings. The molecule has 2 aromatic heterocycles. The van der Waals surface area contributed by atoms with Crippen molar-refractivity contribution >= 4 is 17.1 Å². The van der Waals surface area contributed by atoms with Crippen LogP contribution in [0.2, 0.25) is 5.02 Å². The van der Waals surface area contributed by atoms with Crippen molar-refractivity contribution in [3.8, 4) is 29.4 Å². The van der Waals surface area contributed by atoms with Crippen molar-refractivity contribution in [1.29, 1.82) is 0 Å².